The highest BCUT2D eigenvalue weighted by Gasteiger charge is 2.38. The van der Waals surface area contributed by atoms with Crippen molar-refractivity contribution in [1.29, 1.82) is 0 Å². The van der Waals surface area contributed by atoms with Gasteiger partial charge in [-0.3, -0.25) is 4.79 Å². The van der Waals surface area contributed by atoms with E-state index in [1.54, 1.807) is 0 Å². The first-order valence-corrected chi connectivity index (χ1v) is 8.92. The molecule has 0 unspecified atom stereocenters. The zero-order chi connectivity index (χ0) is 17.3. The summed E-state index contributed by atoms with van der Waals surface area (Å²) in [7, 11) is 0. The number of hydrogen-bond donors (Lipinski definition) is 1. The summed E-state index contributed by atoms with van der Waals surface area (Å²) >= 11 is 0. The van der Waals surface area contributed by atoms with Gasteiger partial charge >= 0.3 is 0 Å². The average molecular weight is 333 g/mol. The summed E-state index contributed by atoms with van der Waals surface area (Å²) in [6.45, 7) is 2.74. The van der Waals surface area contributed by atoms with Crippen LogP contribution in [0.15, 0.2) is 54.9 Å². The summed E-state index contributed by atoms with van der Waals surface area (Å²) in [5.74, 6) is 0.0447. The molecule has 0 spiro atoms. The van der Waals surface area contributed by atoms with Crippen LogP contribution in [-0.2, 0) is 16.6 Å². The topological polar surface area (TPSA) is 46.4 Å². The summed E-state index contributed by atoms with van der Waals surface area (Å²) in [6.07, 6.45) is 7.76. The molecule has 1 aliphatic rings. The maximum atomic E-state index is 12.4. The van der Waals surface area contributed by atoms with Crippen LogP contribution in [0, 0.1) is 6.92 Å². The summed E-state index contributed by atoms with van der Waals surface area (Å²) in [5, 5.41) is 3.14. The van der Waals surface area contributed by atoms with E-state index in [4.69, 9.17) is 0 Å². The molecule has 1 fully saturated rings. The first-order valence-electron chi connectivity index (χ1n) is 8.92. The number of imidazole rings is 1. The monoisotopic (exact) mass is 333 g/mol. The Morgan fingerprint density at radius 2 is 2.00 bits per heavy atom. The predicted octanol–water partition coefficient (Wildman–Crippen LogP) is 3.42. The molecule has 1 aromatic carbocycles. The lowest BCUT2D eigenvalue weighted by Gasteiger charge is -2.42. The number of rotatable bonds is 5. The predicted molar refractivity (Wildman–Crippen MR) is 98.6 cm³/mol. The van der Waals surface area contributed by atoms with E-state index >= 15 is 0 Å². The Balaban J connectivity index is 1.42. The van der Waals surface area contributed by atoms with Crippen LogP contribution in [0.5, 0.6) is 0 Å². The standard InChI is InChI=1S/C21H23N3O/c1-16-7-5-12-24-14-18(23-20(16)24)13-19(25)22-15-21(10-6-11-21)17-8-3-2-4-9-17/h2-5,7-9,12,14H,6,10-11,13,15H2,1H3,(H,22,25). The molecule has 0 radical (unpaired) electrons. The largest absolute Gasteiger partial charge is 0.355 e. The molecule has 1 amide bonds. The minimum atomic E-state index is 0.0447. The number of carbonyl (C=O) groups is 1. The Hall–Kier alpha value is -2.62. The Labute approximate surface area is 147 Å². The van der Waals surface area contributed by atoms with Crippen LogP contribution in [0.4, 0.5) is 0 Å². The molecule has 128 valence electrons. The quantitative estimate of drug-likeness (QED) is 0.777. The van der Waals surface area contributed by atoms with Gasteiger partial charge in [0.05, 0.1) is 12.1 Å². The van der Waals surface area contributed by atoms with Gasteiger partial charge in [-0.05, 0) is 37.0 Å². The molecule has 0 atom stereocenters. The van der Waals surface area contributed by atoms with Crippen LogP contribution >= 0.6 is 0 Å². The molecule has 1 N–H and O–H groups in total. The number of benzene rings is 1. The third-order valence-corrected chi connectivity index (χ3v) is 5.39. The van der Waals surface area contributed by atoms with E-state index in [9.17, 15) is 4.79 Å². The van der Waals surface area contributed by atoms with Crippen LogP contribution in [0.25, 0.3) is 5.65 Å². The molecule has 0 saturated heterocycles. The fraction of sp³-hybridized carbons (Fsp3) is 0.333. The van der Waals surface area contributed by atoms with Gasteiger partial charge in [-0.15, -0.1) is 0 Å². The van der Waals surface area contributed by atoms with E-state index < -0.39 is 0 Å². The van der Waals surface area contributed by atoms with E-state index in [-0.39, 0.29) is 11.3 Å². The molecule has 1 saturated carbocycles. The van der Waals surface area contributed by atoms with Crippen molar-refractivity contribution in [3.05, 3.63) is 71.7 Å². The first-order chi connectivity index (χ1) is 12.2. The fourth-order valence-corrected chi connectivity index (χ4v) is 3.75. The van der Waals surface area contributed by atoms with E-state index in [1.807, 2.05) is 41.9 Å². The van der Waals surface area contributed by atoms with Crippen molar-refractivity contribution in [2.24, 2.45) is 0 Å². The lowest BCUT2D eigenvalue weighted by atomic mass is 9.64. The number of nitrogens with zero attached hydrogens (tertiary/aromatic N) is 2. The molecule has 1 aliphatic carbocycles. The van der Waals surface area contributed by atoms with Gasteiger partial charge in [-0.1, -0.05) is 42.8 Å². The summed E-state index contributed by atoms with van der Waals surface area (Å²) in [5.41, 5.74) is 4.31. The Kier molecular flexibility index (Phi) is 4.04. The lowest BCUT2D eigenvalue weighted by molar-refractivity contribution is -0.120. The fourth-order valence-electron chi connectivity index (χ4n) is 3.75. The number of hydrogen-bond acceptors (Lipinski definition) is 2. The zero-order valence-corrected chi connectivity index (χ0v) is 14.5. The van der Waals surface area contributed by atoms with Crippen molar-refractivity contribution >= 4 is 11.6 Å². The average Bonchev–Trinajstić information content (AvgIpc) is 2.99. The molecule has 0 bridgehead atoms. The van der Waals surface area contributed by atoms with Gasteiger partial charge in [0.1, 0.15) is 5.65 Å². The second-order valence-corrected chi connectivity index (χ2v) is 7.11. The van der Waals surface area contributed by atoms with Crippen LogP contribution in [0.3, 0.4) is 0 Å². The summed E-state index contributed by atoms with van der Waals surface area (Å²) < 4.78 is 1.98. The molecule has 4 rings (SSSR count). The molecule has 2 heterocycles. The van der Waals surface area contributed by atoms with Gasteiger partial charge in [0, 0.05) is 24.4 Å². The van der Waals surface area contributed by atoms with Crippen molar-refractivity contribution in [2.45, 2.75) is 38.0 Å². The highest BCUT2D eigenvalue weighted by molar-refractivity contribution is 5.78. The number of amides is 1. The number of pyridine rings is 1. The van der Waals surface area contributed by atoms with Crippen LogP contribution in [0.2, 0.25) is 0 Å². The van der Waals surface area contributed by atoms with Crippen molar-refractivity contribution in [2.75, 3.05) is 6.54 Å². The number of aromatic nitrogens is 2. The van der Waals surface area contributed by atoms with Gasteiger partial charge in [0.25, 0.3) is 0 Å². The highest BCUT2D eigenvalue weighted by Crippen LogP contribution is 2.43. The summed E-state index contributed by atoms with van der Waals surface area (Å²) in [4.78, 5) is 17.0. The van der Waals surface area contributed by atoms with E-state index in [1.165, 1.54) is 12.0 Å². The van der Waals surface area contributed by atoms with Crippen LogP contribution in [0.1, 0.15) is 36.1 Å². The van der Waals surface area contributed by atoms with Crippen molar-refractivity contribution in [3.8, 4) is 0 Å². The van der Waals surface area contributed by atoms with Crippen molar-refractivity contribution in [1.82, 2.24) is 14.7 Å². The normalized spacial score (nSPS) is 15.7. The van der Waals surface area contributed by atoms with E-state index in [0.717, 1.165) is 29.7 Å². The third-order valence-electron chi connectivity index (χ3n) is 5.39. The van der Waals surface area contributed by atoms with Gasteiger partial charge in [-0.2, -0.15) is 0 Å². The minimum Gasteiger partial charge on any atom is -0.355 e. The summed E-state index contributed by atoms with van der Waals surface area (Å²) in [6, 6.07) is 14.6. The van der Waals surface area contributed by atoms with Crippen molar-refractivity contribution in [3.63, 3.8) is 0 Å². The second kappa shape index (κ2) is 6.36. The zero-order valence-electron chi connectivity index (χ0n) is 14.5. The van der Waals surface area contributed by atoms with Gasteiger partial charge in [0.2, 0.25) is 5.91 Å². The molecule has 4 heteroatoms. The smallest absolute Gasteiger partial charge is 0.226 e. The van der Waals surface area contributed by atoms with Gasteiger partial charge in [-0.25, -0.2) is 4.98 Å². The highest BCUT2D eigenvalue weighted by atomic mass is 16.1. The maximum Gasteiger partial charge on any atom is 0.226 e. The maximum absolute atomic E-state index is 12.4. The number of nitrogens with one attached hydrogen (secondary N) is 1. The Morgan fingerprint density at radius 1 is 1.20 bits per heavy atom. The molecule has 2 aromatic heterocycles. The van der Waals surface area contributed by atoms with Gasteiger partial charge < -0.3 is 9.72 Å². The van der Waals surface area contributed by atoms with E-state index in [2.05, 4.69) is 34.6 Å². The first kappa shape index (κ1) is 15.9. The molecular formula is C21H23N3O. The molecule has 4 nitrogen and oxygen atoms in total. The minimum absolute atomic E-state index is 0.0447. The number of carbonyl (C=O) groups excluding carboxylic acids is 1. The second-order valence-electron chi connectivity index (χ2n) is 7.11. The van der Waals surface area contributed by atoms with Gasteiger partial charge in [0.15, 0.2) is 0 Å². The third kappa shape index (κ3) is 3.04. The van der Waals surface area contributed by atoms with Crippen LogP contribution in [-0.4, -0.2) is 21.8 Å². The SMILES string of the molecule is Cc1cccn2cc(CC(=O)NCC3(c4ccccc4)CCC3)nc12. The molecule has 25 heavy (non-hydrogen) atoms. The molecular weight excluding hydrogens is 310 g/mol. The Morgan fingerprint density at radius 3 is 2.68 bits per heavy atom. The number of aryl methyl sites for hydroxylation is 1. The van der Waals surface area contributed by atoms with Crippen molar-refractivity contribution < 1.29 is 4.79 Å². The molecule has 0 aliphatic heterocycles. The molecule has 3 aromatic rings. The number of fused-ring (bicyclic) bond motifs is 1. The van der Waals surface area contributed by atoms with Crippen LogP contribution < -0.4 is 5.32 Å². The Bertz CT molecular complexity index is 894. The van der Waals surface area contributed by atoms with E-state index in [0.29, 0.717) is 13.0 Å². The lowest BCUT2D eigenvalue weighted by Crippen LogP contribution is -2.45.